The van der Waals surface area contributed by atoms with Gasteiger partial charge in [0, 0.05) is 18.0 Å². The number of carbonyl (C=O) groups excluding carboxylic acids is 4. The average Bonchev–Trinajstić information content (AvgIpc) is 3.19. The van der Waals surface area contributed by atoms with E-state index in [-0.39, 0.29) is 48.0 Å². The largest absolute Gasteiger partial charge is 0.454 e. The molecule has 0 aromatic heterocycles. The lowest BCUT2D eigenvalue weighted by molar-refractivity contribution is -0.141. The number of benzene rings is 2. The second-order valence-corrected chi connectivity index (χ2v) is 10.7. The van der Waals surface area contributed by atoms with Gasteiger partial charge >= 0.3 is 0 Å². The van der Waals surface area contributed by atoms with Crippen LogP contribution in [0.2, 0.25) is 0 Å². The van der Waals surface area contributed by atoms with Crippen molar-refractivity contribution in [3.8, 4) is 11.5 Å². The number of primary amides is 1. The molecular formula is C27H29N3O6. The molecule has 1 saturated carbocycles. The number of nitrogens with zero attached hydrogens (tertiary/aromatic N) is 2. The molecule has 2 N–H and O–H groups in total. The monoisotopic (exact) mass is 491 g/mol. The molecule has 2 aromatic carbocycles. The summed E-state index contributed by atoms with van der Waals surface area (Å²) in [5.74, 6) is -0.721. The first-order valence-corrected chi connectivity index (χ1v) is 11.9. The number of imide groups is 1. The summed E-state index contributed by atoms with van der Waals surface area (Å²) in [6.07, 6.45) is -0.125. The Kier molecular flexibility index (Phi) is 5.35. The number of anilines is 1. The van der Waals surface area contributed by atoms with E-state index in [4.69, 9.17) is 15.2 Å². The van der Waals surface area contributed by atoms with Crippen LogP contribution in [0.25, 0.3) is 0 Å². The Balaban J connectivity index is 1.47. The zero-order valence-electron chi connectivity index (χ0n) is 20.7. The molecule has 2 fully saturated rings. The van der Waals surface area contributed by atoms with Crippen LogP contribution in [0, 0.1) is 16.7 Å². The van der Waals surface area contributed by atoms with Crippen LogP contribution in [0.1, 0.15) is 50.0 Å². The zero-order chi connectivity index (χ0) is 26.0. The molecule has 1 saturated heterocycles. The van der Waals surface area contributed by atoms with E-state index in [1.54, 1.807) is 12.1 Å². The van der Waals surface area contributed by atoms with Crippen LogP contribution in [0.5, 0.6) is 11.5 Å². The van der Waals surface area contributed by atoms with Gasteiger partial charge in [0.2, 0.25) is 24.5 Å². The predicted molar refractivity (Wildman–Crippen MR) is 130 cm³/mol. The van der Waals surface area contributed by atoms with Crippen molar-refractivity contribution in [1.82, 2.24) is 4.90 Å². The fraction of sp³-hybridized carbons (Fsp3) is 0.407. The molecular weight excluding hydrogens is 462 g/mol. The van der Waals surface area contributed by atoms with E-state index in [0.29, 0.717) is 17.2 Å². The van der Waals surface area contributed by atoms with E-state index in [9.17, 15) is 19.2 Å². The predicted octanol–water partition coefficient (Wildman–Crippen LogP) is 2.86. The molecule has 0 radical (unpaired) electrons. The normalized spacial score (nSPS) is 21.6. The van der Waals surface area contributed by atoms with Crippen molar-refractivity contribution >= 4 is 29.3 Å². The highest BCUT2D eigenvalue weighted by Gasteiger charge is 2.69. The number of hydrogen-bond acceptors (Lipinski definition) is 6. The quantitative estimate of drug-likeness (QED) is 0.621. The van der Waals surface area contributed by atoms with Crippen molar-refractivity contribution in [2.24, 2.45) is 22.5 Å². The minimum atomic E-state index is -0.946. The second-order valence-electron chi connectivity index (χ2n) is 10.7. The Labute approximate surface area is 209 Å². The Hall–Kier alpha value is -3.88. The maximum absolute atomic E-state index is 13.9. The number of carbonyl (C=O) groups is 4. The number of amides is 4. The molecule has 0 bridgehead atoms. The first-order chi connectivity index (χ1) is 16.9. The third kappa shape index (κ3) is 3.61. The molecule has 1 unspecified atom stereocenters. The minimum Gasteiger partial charge on any atom is -0.454 e. The van der Waals surface area contributed by atoms with Gasteiger partial charge in [-0.25, -0.2) is 4.90 Å². The average molecular weight is 492 g/mol. The summed E-state index contributed by atoms with van der Waals surface area (Å²) in [5.41, 5.74) is 6.19. The van der Waals surface area contributed by atoms with Crippen LogP contribution in [0.15, 0.2) is 42.5 Å². The van der Waals surface area contributed by atoms with Crippen LogP contribution < -0.4 is 20.1 Å². The molecule has 0 spiro atoms. The number of hydrogen-bond donors (Lipinski definition) is 1. The van der Waals surface area contributed by atoms with E-state index in [1.807, 2.05) is 33.8 Å². The molecule has 2 heterocycles. The number of ether oxygens (including phenoxy) is 2. The van der Waals surface area contributed by atoms with Gasteiger partial charge in [0.25, 0.3) is 5.91 Å². The van der Waals surface area contributed by atoms with Crippen molar-refractivity contribution in [2.75, 3.05) is 11.7 Å². The van der Waals surface area contributed by atoms with Gasteiger partial charge in [0.05, 0.1) is 12.1 Å². The fourth-order valence-corrected chi connectivity index (χ4v) is 5.46. The van der Waals surface area contributed by atoms with Gasteiger partial charge in [-0.15, -0.1) is 0 Å². The van der Waals surface area contributed by atoms with E-state index >= 15 is 0 Å². The molecule has 9 nitrogen and oxygen atoms in total. The molecule has 2 aliphatic heterocycles. The van der Waals surface area contributed by atoms with Crippen LogP contribution in [0.4, 0.5) is 5.69 Å². The summed E-state index contributed by atoms with van der Waals surface area (Å²) in [5, 5.41) is 0. The van der Waals surface area contributed by atoms with Crippen molar-refractivity contribution in [1.29, 1.82) is 0 Å². The second kappa shape index (κ2) is 8.08. The maximum Gasteiger partial charge on any atom is 0.257 e. The molecule has 3 aliphatic rings. The Bertz CT molecular complexity index is 1270. The molecule has 2 aromatic rings. The fourth-order valence-electron chi connectivity index (χ4n) is 5.46. The first-order valence-electron chi connectivity index (χ1n) is 11.9. The number of rotatable bonds is 6. The Morgan fingerprint density at radius 2 is 1.64 bits per heavy atom. The Morgan fingerprint density at radius 3 is 2.25 bits per heavy atom. The van der Waals surface area contributed by atoms with Crippen LogP contribution in [-0.2, 0) is 20.9 Å². The topological polar surface area (TPSA) is 119 Å². The van der Waals surface area contributed by atoms with E-state index in [0.717, 1.165) is 10.5 Å². The van der Waals surface area contributed by atoms with Gasteiger partial charge in [-0.2, -0.15) is 0 Å². The van der Waals surface area contributed by atoms with Crippen molar-refractivity contribution in [3.05, 3.63) is 53.6 Å². The van der Waals surface area contributed by atoms with E-state index in [2.05, 4.69) is 0 Å². The minimum absolute atomic E-state index is 0.125. The lowest BCUT2D eigenvalue weighted by Gasteiger charge is -2.29. The van der Waals surface area contributed by atoms with Crippen molar-refractivity contribution in [3.63, 3.8) is 0 Å². The molecule has 36 heavy (non-hydrogen) atoms. The highest BCUT2D eigenvalue weighted by Crippen LogP contribution is 2.69. The van der Waals surface area contributed by atoms with Gasteiger partial charge in [-0.3, -0.25) is 19.2 Å². The van der Waals surface area contributed by atoms with Gasteiger partial charge in [-0.1, -0.05) is 33.8 Å². The summed E-state index contributed by atoms with van der Waals surface area (Å²) in [4.78, 5) is 54.6. The van der Waals surface area contributed by atoms with Gasteiger partial charge in [0.1, 0.15) is 6.04 Å². The number of nitrogens with two attached hydrogens (primary N) is 1. The highest BCUT2D eigenvalue weighted by molar-refractivity contribution is 6.23. The summed E-state index contributed by atoms with van der Waals surface area (Å²) < 4.78 is 10.9. The highest BCUT2D eigenvalue weighted by atomic mass is 16.7. The van der Waals surface area contributed by atoms with E-state index < -0.39 is 23.8 Å². The lowest BCUT2D eigenvalue weighted by Crippen LogP contribution is -2.46. The lowest BCUT2D eigenvalue weighted by atomic mass is 10.0. The third-order valence-corrected chi connectivity index (χ3v) is 8.25. The van der Waals surface area contributed by atoms with Crippen LogP contribution in [0.3, 0.4) is 0 Å². The molecule has 1 atom stereocenters. The smallest absolute Gasteiger partial charge is 0.257 e. The van der Waals surface area contributed by atoms with E-state index in [1.165, 1.54) is 29.2 Å². The zero-order valence-corrected chi connectivity index (χ0v) is 20.7. The first kappa shape index (κ1) is 23.8. The number of fused-ring (bicyclic) bond motifs is 1. The third-order valence-electron chi connectivity index (χ3n) is 8.25. The summed E-state index contributed by atoms with van der Waals surface area (Å²) in [6.45, 7) is 8.46. The maximum atomic E-state index is 13.9. The molecule has 4 amide bonds. The summed E-state index contributed by atoms with van der Waals surface area (Å²) in [7, 11) is 0. The standard InChI is InChI=1S/C27H29N3O6/c1-26(2)22(27(26,3)4)25(34)29(13-15-5-10-19-20(11-15)36-14-35-19)18-12-21(31)30(24(18)33)17-8-6-16(7-9-17)23(28)32/h5-11,18,22H,12-14H2,1-4H3,(H2,28,32). The van der Waals surface area contributed by atoms with Gasteiger partial charge in [0.15, 0.2) is 11.5 Å². The molecule has 5 rings (SSSR count). The van der Waals surface area contributed by atoms with Gasteiger partial charge in [-0.05, 0) is 52.8 Å². The van der Waals surface area contributed by atoms with Crippen LogP contribution >= 0.6 is 0 Å². The molecule has 188 valence electrons. The van der Waals surface area contributed by atoms with Gasteiger partial charge < -0.3 is 20.1 Å². The summed E-state index contributed by atoms with van der Waals surface area (Å²) in [6, 6.07) is 10.4. The van der Waals surface area contributed by atoms with Crippen LogP contribution in [-0.4, -0.2) is 41.4 Å². The SMILES string of the molecule is CC1(C)C(C(=O)N(Cc2ccc3c(c2)OCO3)C2CC(=O)N(c3ccc(C(N)=O)cc3)C2=O)C1(C)C. The van der Waals surface area contributed by atoms with Crippen molar-refractivity contribution < 1.29 is 28.7 Å². The molecule has 9 heteroatoms. The summed E-state index contributed by atoms with van der Waals surface area (Å²) >= 11 is 0. The van der Waals surface area contributed by atoms with Crippen molar-refractivity contribution in [2.45, 2.75) is 46.7 Å². The Morgan fingerprint density at radius 1 is 1.00 bits per heavy atom. The molecule has 1 aliphatic carbocycles.